The Morgan fingerprint density at radius 1 is 0.586 bits per heavy atom. The van der Waals surface area contributed by atoms with Crippen molar-refractivity contribution in [3.05, 3.63) is 103 Å². The van der Waals surface area contributed by atoms with Crippen molar-refractivity contribution < 1.29 is 0 Å². The lowest BCUT2D eigenvalue weighted by Crippen LogP contribution is -2.06. The molecule has 0 saturated heterocycles. The maximum Gasteiger partial charge on any atom is 0.204 e. The summed E-state index contributed by atoms with van der Waals surface area (Å²) in [5.74, 6) is 0. The minimum absolute atomic E-state index is 0.0999. The Morgan fingerprint density at radius 3 is 1.66 bits per heavy atom. The molecule has 6 aromatic heterocycles. The summed E-state index contributed by atoms with van der Waals surface area (Å²) in [6.07, 6.45) is 5.45. The molecule has 0 fully saturated rings. The van der Waals surface area contributed by atoms with Crippen LogP contribution in [0.1, 0.15) is 79.8 Å². The van der Waals surface area contributed by atoms with Crippen molar-refractivity contribution in [2.45, 2.75) is 85.4 Å². The zero-order chi connectivity index (χ0) is 40.4. The molecule has 296 valence electrons. The average Bonchev–Trinajstić information content (AvgIpc) is 4.05. The van der Waals surface area contributed by atoms with Crippen LogP contribution in [-0.4, -0.2) is 43.6 Å². The molecule has 6 heterocycles. The molecular weight excluding hydrogens is 845 g/mol. The number of imidazole rings is 3. The van der Waals surface area contributed by atoms with Gasteiger partial charge in [-0.05, 0) is 138 Å². The number of aromatic nitrogens is 9. The van der Waals surface area contributed by atoms with E-state index < -0.39 is 0 Å². The van der Waals surface area contributed by atoms with Crippen LogP contribution in [-0.2, 0) is 12.8 Å². The third-order valence-electron chi connectivity index (χ3n) is 10.8. The minimum atomic E-state index is 0.0999. The number of aryl methyl sites for hydroxylation is 4. The molecule has 2 unspecified atom stereocenters. The Kier molecular flexibility index (Phi) is 10.7. The fraction of sp³-hybridized carbons (Fsp3) is 0.302. The van der Waals surface area contributed by atoms with Gasteiger partial charge in [0.15, 0.2) is 0 Å². The Labute approximate surface area is 363 Å². The summed E-state index contributed by atoms with van der Waals surface area (Å²) in [6, 6.07) is 19.1. The summed E-state index contributed by atoms with van der Waals surface area (Å²) in [5.41, 5.74) is 10.7. The summed E-state index contributed by atoms with van der Waals surface area (Å²) in [6.45, 7) is 12.7. The lowest BCUT2D eigenvalue weighted by molar-refractivity contribution is 0.521. The number of nitrogens with zero attached hydrogens (tertiary/aromatic N) is 9. The van der Waals surface area contributed by atoms with Gasteiger partial charge in [0.05, 0.1) is 22.2 Å². The standard InChI is InChI=1S/C43H40Cl3N9S3/c1-22(2)53-31-13-9-12-30(37(31)50-41(53)44)40-49-26(6)34(58-40)19-17-25(5)55-32-14-7-10-28(35(32)51-42(55)45)38-47-20-27(57-38)18-16-24(4)54-33-15-8-11-29(36(33)52-43(54)46)39-48-23(3)21-56-39/h7-15,20-22,24-25H,16-19H2,1-6H3. The van der Waals surface area contributed by atoms with E-state index in [1.807, 2.05) is 13.1 Å². The molecular formula is C43H40Cl3N9S3. The van der Waals surface area contributed by atoms with Gasteiger partial charge in [-0.3, -0.25) is 0 Å². The number of fused-ring (bicyclic) bond motifs is 3. The maximum atomic E-state index is 6.93. The lowest BCUT2D eigenvalue weighted by Gasteiger charge is -2.15. The highest BCUT2D eigenvalue weighted by molar-refractivity contribution is 7.15. The number of rotatable bonds is 12. The molecule has 58 heavy (non-hydrogen) atoms. The Morgan fingerprint density at radius 2 is 1.10 bits per heavy atom. The van der Waals surface area contributed by atoms with Crippen molar-refractivity contribution in [3.63, 3.8) is 0 Å². The zero-order valence-electron chi connectivity index (χ0n) is 32.8. The lowest BCUT2D eigenvalue weighted by atomic mass is 10.1. The number of thiazole rings is 3. The van der Waals surface area contributed by atoms with Crippen LogP contribution < -0.4 is 0 Å². The van der Waals surface area contributed by atoms with E-state index in [9.17, 15) is 0 Å². The van der Waals surface area contributed by atoms with Crippen molar-refractivity contribution in [1.29, 1.82) is 0 Å². The smallest absolute Gasteiger partial charge is 0.204 e. The van der Waals surface area contributed by atoms with Gasteiger partial charge in [-0.25, -0.2) is 29.9 Å². The van der Waals surface area contributed by atoms with E-state index >= 15 is 0 Å². The largest absolute Gasteiger partial charge is 0.312 e. The number of hydrogen-bond acceptors (Lipinski definition) is 9. The number of benzene rings is 3. The summed E-state index contributed by atoms with van der Waals surface area (Å²) in [4.78, 5) is 31.4. The fourth-order valence-electron chi connectivity index (χ4n) is 7.86. The minimum Gasteiger partial charge on any atom is -0.312 e. The third-order valence-corrected chi connectivity index (χ3v) is 14.9. The van der Waals surface area contributed by atoms with Crippen LogP contribution in [0.3, 0.4) is 0 Å². The quantitative estimate of drug-likeness (QED) is 0.121. The van der Waals surface area contributed by atoms with E-state index in [0.717, 1.165) is 102 Å². The van der Waals surface area contributed by atoms with Gasteiger partial charge < -0.3 is 13.7 Å². The first-order valence-corrected chi connectivity index (χ1v) is 22.9. The molecule has 0 aliphatic heterocycles. The van der Waals surface area contributed by atoms with Crippen molar-refractivity contribution in [3.8, 4) is 31.7 Å². The van der Waals surface area contributed by atoms with E-state index in [1.165, 1.54) is 9.75 Å². The van der Waals surface area contributed by atoms with Crippen LogP contribution in [0.2, 0.25) is 15.9 Å². The maximum absolute atomic E-state index is 6.93. The second-order valence-electron chi connectivity index (χ2n) is 15.1. The van der Waals surface area contributed by atoms with Crippen LogP contribution in [0.4, 0.5) is 0 Å². The Balaban J connectivity index is 0.906. The fourth-order valence-corrected chi connectivity index (χ4v) is 11.8. The number of halogens is 3. The Hall–Kier alpha value is -4.17. The predicted octanol–water partition coefficient (Wildman–Crippen LogP) is 13.7. The molecule has 9 nitrogen and oxygen atoms in total. The molecule has 2 atom stereocenters. The van der Waals surface area contributed by atoms with E-state index in [2.05, 4.69) is 108 Å². The average molecular weight is 885 g/mol. The van der Waals surface area contributed by atoms with Gasteiger partial charge in [0, 0.05) is 61.8 Å². The highest BCUT2D eigenvalue weighted by atomic mass is 35.5. The molecule has 0 N–H and O–H groups in total. The predicted molar refractivity (Wildman–Crippen MR) is 243 cm³/mol. The molecule has 0 saturated carbocycles. The molecule has 9 rings (SSSR count). The van der Waals surface area contributed by atoms with E-state index in [4.69, 9.17) is 64.7 Å². The molecule has 0 bridgehead atoms. The van der Waals surface area contributed by atoms with Crippen molar-refractivity contribution in [2.24, 2.45) is 0 Å². The second-order valence-corrected chi connectivity index (χ2v) is 19.2. The van der Waals surface area contributed by atoms with Gasteiger partial charge >= 0.3 is 0 Å². The second kappa shape index (κ2) is 15.8. The highest BCUT2D eigenvalue weighted by Gasteiger charge is 2.23. The molecule has 0 aliphatic carbocycles. The molecule has 15 heteroatoms. The van der Waals surface area contributed by atoms with Crippen LogP contribution in [0, 0.1) is 13.8 Å². The molecule has 0 aliphatic rings. The van der Waals surface area contributed by atoms with Gasteiger partial charge in [-0.15, -0.1) is 34.0 Å². The van der Waals surface area contributed by atoms with Crippen molar-refractivity contribution in [2.75, 3.05) is 0 Å². The third kappa shape index (κ3) is 7.05. The normalized spacial score (nSPS) is 13.2. The molecule has 9 aromatic rings. The summed E-state index contributed by atoms with van der Waals surface area (Å²) < 4.78 is 6.34. The first kappa shape index (κ1) is 39.3. The van der Waals surface area contributed by atoms with Gasteiger partial charge in [-0.1, -0.05) is 18.2 Å². The first-order chi connectivity index (χ1) is 28.0. The topological polar surface area (TPSA) is 92.1 Å². The molecule has 0 spiro atoms. The van der Waals surface area contributed by atoms with Crippen LogP contribution in [0.25, 0.3) is 64.8 Å². The van der Waals surface area contributed by atoms with Crippen LogP contribution in [0.5, 0.6) is 0 Å². The van der Waals surface area contributed by atoms with Crippen molar-refractivity contribution in [1.82, 2.24) is 43.6 Å². The van der Waals surface area contributed by atoms with Crippen molar-refractivity contribution >= 4 is 102 Å². The molecule has 3 aromatic carbocycles. The summed E-state index contributed by atoms with van der Waals surface area (Å²) >= 11 is 25.4. The SMILES string of the molecule is Cc1csc(-c2cccc3c2nc(Cl)n3C(C)CCc2cnc(-c3cccc4c3nc(Cl)n4C(C)CCc3sc(-c4cccc5c4nc(Cl)n5C(C)C)nc3C)s2)n1. The van der Waals surface area contributed by atoms with Gasteiger partial charge in [0.2, 0.25) is 15.9 Å². The summed E-state index contributed by atoms with van der Waals surface area (Å²) in [7, 11) is 0. The van der Waals surface area contributed by atoms with Gasteiger partial charge in [0.1, 0.15) is 31.6 Å². The van der Waals surface area contributed by atoms with Gasteiger partial charge in [0.25, 0.3) is 0 Å². The van der Waals surface area contributed by atoms with E-state index in [-0.39, 0.29) is 18.1 Å². The highest BCUT2D eigenvalue weighted by Crippen LogP contribution is 2.39. The zero-order valence-corrected chi connectivity index (χ0v) is 37.5. The van der Waals surface area contributed by atoms with Gasteiger partial charge in [-0.2, -0.15) is 0 Å². The first-order valence-electron chi connectivity index (χ1n) is 19.3. The van der Waals surface area contributed by atoms with E-state index in [1.54, 1.807) is 34.0 Å². The number of para-hydroxylation sites is 3. The van der Waals surface area contributed by atoms with E-state index in [0.29, 0.717) is 15.9 Å². The van der Waals surface area contributed by atoms with Crippen LogP contribution >= 0.6 is 68.8 Å². The monoisotopic (exact) mass is 883 g/mol. The number of hydrogen-bond donors (Lipinski definition) is 0. The molecule has 0 amide bonds. The Bertz CT molecular complexity index is 2970. The molecule has 0 radical (unpaired) electrons. The van der Waals surface area contributed by atoms with Crippen LogP contribution in [0.15, 0.2) is 66.2 Å². The summed E-state index contributed by atoms with van der Waals surface area (Å²) in [5, 5.41) is 6.37.